The van der Waals surface area contributed by atoms with E-state index in [1.165, 1.54) is 45.3 Å². The molecule has 2 amide bonds. The van der Waals surface area contributed by atoms with E-state index in [4.69, 9.17) is 0 Å². The van der Waals surface area contributed by atoms with Crippen molar-refractivity contribution in [1.82, 2.24) is 15.1 Å². The van der Waals surface area contributed by atoms with Crippen LogP contribution in [0.25, 0.3) is 0 Å². The Morgan fingerprint density at radius 1 is 0.875 bits per heavy atom. The van der Waals surface area contributed by atoms with Crippen LogP contribution in [0.5, 0.6) is 0 Å². The van der Waals surface area contributed by atoms with Gasteiger partial charge in [0.15, 0.2) is 0 Å². The topological polar surface area (TPSA) is 55.8 Å². The molecule has 0 atom stereocenters. The zero-order valence-electron chi connectivity index (χ0n) is 15.1. The molecule has 3 aliphatic rings. The Hall–Kier alpha value is -0.810. The van der Waals surface area contributed by atoms with E-state index in [0.29, 0.717) is 0 Å². The molecule has 0 bridgehead atoms. The highest BCUT2D eigenvalue weighted by atomic mass is 16.3. The summed E-state index contributed by atoms with van der Waals surface area (Å²) >= 11 is 0. The van der Waals surface area contributed by atoms with Crippen molar-refractivity contribution in [2.45, 2.75) is 76.4 Å². The molecular formula is C19H35N3O2. The standard InChI is InChI=1S/C19H35N3O2/c23-18-7-5-17(6-8-18)20-19(24)22-13-9-16(10-14-22)15-21-11-3-1-2-4-12-21/h16-18,23H,1-15H2,(H,20,24). The van der Waals surface area contributed by atoms with Crippen molar-refractivity contribution < 1.29 is 9.90 Å². The maximum Gasteiger partial charge on any atom is 0.317 e. The van der Waals surface area contributed by atoms with Gasteiger partial charge in [-0.1, -0.05) is 12.8 Å². The van der Waals surface area contributed by atoms with E-state index in [2.05, 4.69) is 10.2 Å². The Morgan fingerprint density at radius 3 is 2.12 bits per heavy atom. The van der Waals surface area contributed by atoms with E-state index in [-0.39, 0.29) is 18.2 Å². The lowest BCUT2D eigenvalue weighted by Crippen LogP contribution is -2.49. The average Bonchev–Trinajstić information content (AvgIpc) is 2.86. The highest BCUT2D eigenvalue weighted by molar-refractivity contribution is 5.74. The molecular weight excluding hydrogens is 302 g/mol. The van der Waals surface area contributed by atoms with Crippen LogP contribution in [0.1, 0.15) is 64.2 Å². The molecule has 3 fully saturated rings. The third-order valence-corrected chi connectivity index (χ3v) is 6.14. The van der Waals surface area contributed by atoms with Gasteiger partial charge in [0.1, 0.15) is 0 Å². The zero-order valence-corrected chi connectivity index (χ0v) is 15.1. The fourth-order valence-electron chi connectivity index (χ4n) is 4.49. The van der Waals surface area contributed by atoms with Gasteiger partial charge in [0.25, 0.3) is 0 Å². The maximum atomic E-state index is 12.4. The first kappa shape index (κ1) is 18.0. The molecule has 0 radical (unpaired) electrons. The van der Waals surface area contributed by atoms with Gasteiger partial charge >= 0.3 is 6.03 Å². The summed E-state index contributed by atoms with van der Waals surface area (Å²) in [6.07, 6.45) is 11.1. The van der Waals surface area contributed by atoms with Crippen LogP contribution in [0.3, 0.4) is 0 Å². The van der Waals surface area contributed by atoms with Crippen molar-refractivity contribution in [1.29, 1.82) is 0 Å². The summed E-state index contributed by atoms with van der Waals surface area (Å²) in [6.45, 7) is 5.58. The largest absolute Gasteiger partial charge is 0.393 e. The van der Waals surface area contributed by atoms with E-state index in [9.17, 15) is 9.90 Å². The first-order valence-electron chi connectivity index (χ1n) is 10.2. The predicted molar refractivity (Wildman–Crippen MR) is 96.0 cm³/mol. The molecule has 2 saturated heterocycles. The normalized spacial score (nSPS) is 30.8. The lowest BCUT2D eigenvalue weighted by molar-refractivity contribution is 0.111. The Labute approximate surface area is 146 Å². The fraction of sp³-hybridized carbons (Fsp3) is 0.947. The Kier molecular flexibility index (Phi) is 6.78. The number of aliphatic hydroxyl groups excluding tert-OH is 1. The van der Waals surface area contributed by atoms with Crippen LogP contribution < -0.4 is 5.32 Å². The highest BCUT2D eigenvalue weighted by Gasteiger charge is 2.27. The first-order valence-corrected chi connectivity index (χ1v) is 10.2. The Balaban J connectivity index is 1.35. The van der Waals surface area contributed by atoms with Crippen LogP contribution in [0.15, 0.2) is 0 Å². The lowest BCUT2D eigenvalue weighted by atomic mass is 9.93. The maximum absolute atomic E-state index is 12.4. The van der Waals surface area contributed by atoms with Crippen molar-refractivity contribution >= 4 is 6.03 Å². The number of piperidine rings is 1. The smallest absolute Gasteiger partial charge is 0.317 e. The molecule has 0 spiro atoms. The molecule has 3 rings (SSSR count). The van der Waals surface area contributed by atoms with Crippen LogP contribution in [-0.2, 0) is 0 Å². The van der Waals surface area contributed by atoms with Crippen LogP contribution >= 0.6 is 0 Å². The van der Waals surface area contributed by atoms with Crippen LogP contribution in [0.4, 0.5) is 4.79 Å². The fourth-order valence-corrected chi connectivity index (χ4v) is 4.49. The number of rotatable bonds is 3. The number of nitrogens with one attached hydrogen (secondary N) is 1. The average molecular weight is 338 g/mol. The third-order valence-electron chi connectivity index (χ3n) is 6.14. The van der Waals surface area contributed by atoms with Crippen LogP contribution in [0, 0.1) is 5.92 Å². The molecule has 1 aliphatic carbocycles. The predicted octanol–water partition coefficient (Wildman–Crippen LogP) is 2.59. The molecule has 0 aromatic heterocycles. The molecule has 1 saturated carbocycles. The number of carbonyl (C=O) groups excluding carboxylic acids is 1. The third kappa shape index (κ3) is 5.35. The van der Waals surface area contributed by atoms with Gasteiger partial charge in [0.2, 0.25) is 0 Å². The van der Waals surface area contributed by atoms with Crippen molar-refractivity contribution in [3.63, 3.8) is 0 Å². The van der Waals surface area contributed by atoms with Gasteiger partial charge in [-0.2, -0.15) is 0 Å². The molecule has 2 heterocycles. The van der Waals surface area contributed by atoms with Gasteiger partial charge in [0.05, 0.1) is 6.10 Å². The molecule has 138 valence electrons. The van der Waals surface area contributed by atoms with Gasteiger partial charge < -0.3 is 20.2 Å². The number of carbonyl (C=O) groups is 1. The number of urea groups is 1. The van der Waals surface area contributed by atoms with Gasteiger partial charge in [0, 0.05) is 25.7 Å². The summed E-state index contributed by atoms with van der Waals surface area (Å²) in [4.78, 5) is 17.1. The summed E-state index contributed by atoms with van der Waals surface area (Å²) in [5.41, 5.74) is 0. The Bertz CT molecular complexity index is 380. The van der Waals surface area contributed by atoms with Crippen molar-refractivity contribution in [2.75, 3.05) is 32.7 Å². The van der Waals surface area contributed by atoms with Crippen molar-refractivity contribution in [3.05, 3.63) is 0 Å². The van der Waals surface area contributed by atoms with Crippen LogP contribution in [-0.4, -0.2) is 65.8 Å². The summed E-state index contributed by atoms with van der Waals surface area (Å²) < 4.78 is 0. The van der Waals surface area contributed by atoms with E-state index < -0.39 is 0 Å². The van der Waals surface area contributed by atoms with E-state index >= 15 is 0 Å². The summed E-state index contributed by atoms with van der Waals surface area (Å²) in [6, 6.07) is 0.375. The van der Waals surface area contributed by atoms with Gasteiger partial charge in [-0.15, -0.1) is 0 Å². The van der Waals surface area contributed by atoms with Gasteiger partial charge in [-0.05, 0) is 70.4 Å². The molecule has 24 heavy (non-hydrogen) atoms. The molecule has 0 aromatic carbocycles. The number of nitrogens with zero attached hydrogens (tertiary/aromatic N) is 2. The second-order valence-electron chi connectivity index (χ2n) is 8.10. The Morgan fingerprint density at radius 2 is 1.50 bits per heavy atom. The summed E-state index contributed by atoms with van der Waals surface area (Å²) in [5.74, 6) is 0.761. The SMILES string of the molecule is O=C(NC1CCC(O)CC1)N1CCC(CN2CCCCCC2)CC1. The number of amides is 2. The molecule has 5 nitrogen and oxygen atoms in total. The second-order valence-corrected chi connectivity index (χ2v) is 8.10. The monoisotopic (exact) mass is 337 g/mol. The van der Waals surface area contributed by atoms with Gasteiger partial charge in [-0.25, -0.2) is 4.79 Å². The van der Waals surface area contributed by atoms with E-state index in [0.717, 1.165) is 57.5 Å². The molecule has 2 aliphatic heterocycles. The minimum absolute atomic E-state index is 0.115. The highest BCUT2D eigenvalue weighted by Crippen LogP contribution is 2.22. The molecule has 0 aromatic rings. The number of hydrogen-bond acceptors (Lipinski definition) is 3. The molecule has 0 unspecified atom stereocenters. The minimum atomic E-state index is -0.159. The zero-order chi connectivity index (χ0) is 16.8. The van der Waals surface area contributed by atoms with Gasteiger partial charge in [-0.3, -0.25) is 0 Å². The first-order chi connectivity index (χ1) is 11.7. The van der Waals surface area contributed by atoms with Crippen LogP contribution in [0.2, 0.25) is 0 Å². The molecule has 2 N–H and O–H groups in total. The number of likely N-dealkylation sites (tertiary alicyclic amines) is 2. The number of hydrogen-bond donors (Lipinski definition) is 2. The number of aliphatic hydroxyl groups is 1. The summed E-state index contributed by atoms with van der Waals surface area (Å²) in [5, 5.41) is 12.7. The van der Waals surface area contributed by atoms with E-state index in [1.807, 2.05) is 4.90 Å². The van der Waals surface area contributed by atoms with Crippen molar-refractivity contribution in [3.8, 4) is 0 Å². The second kappa shape index (κ2) is 9.04. The van der Waals surface area contributed by atoms with E-state index in [1.54, 1.807) is 0 Å². The summed E-state index contributed by atoms with van der Waals surface area (Å²) in [7, 11) is 0. The minimum Gasteiger partial charge on any atom is -0.393 e. The lowest BCUT2D eigenvalue weighted by Gasteiger charge is -2.36. The molecule has 5 heteroatoms. The van der Waals surface area contributed by atoms with Crippen molar-refractivity contribution in [2.24, 2.45) is 5.92 Å². The quantitative estimate of drug-likeness (QED) is 0.832.